The van der Waals surface area contributed by atoms with Gasteiger partial charge >= 0.3 is 6.03 Å². The Kier molecular flexibility index (Phi) is 3.92. The molecule has 2 aromatic heterocycles. The molecule has 23 heavy (non-hydrogen) atoms. The number of carbonyl (C=O) groups excluding carboxylic acids is 1. The van der Waals surface area contributed by atoms with E-state index in [9.17, 15) is 4.79 Å². The third-order valence-corrected chi connectivity index (χ3v) is 3.12. The lowest BCUT2D eigenvalue weighted by atomic mass is 10.2. The summed E-state index contributed by atoms with van der Waals surface area (Å²) >= 11 is 0. The molecule has 3 rings (SSSR count). The number of carbonyl (C=O) groups is 1. The van der Waals surface area contributed by atoms with Crippen molar-refractivity contribution in [1.82, 2.24) is 15.2 Å². The molecule has 2 heterocycles. The van der Waals surface area contributed by atoms with Crippen LogP contribution in [0.25, 0.3) is 17.1 Å². The Balaban J connectivity index is 2.03. The topological polar surface area (TPSA) is 98.4 Å². The lowest BCUT2D eigenvalue weighted by Crippen LogP contribution is -2.24. The first-order chi connectivity index (χ1) is 11.1. The molecule has 0 bridgehead atoms. The molecule has 0 saturated heterocycles. The molecular weight excluding hydrogens is 294 g/mol. The van der Waals surface area contributed by atoms with E-state index >= 15 is 0 Å². The predicted octanol–water partition coefficient (Wildman–Crippen LogP) is 2.44. The molecule has 0 fully saturated rings. The summed E-state index contributed by atoms with van der Waals surface area (Å²) in [6.45, 7) is 1.86. The van der Waals surface area contributed by atoms with Gasteiger partial charge in [-0.2, -0.15) is 10.2 Å². The number of hydrazone groups is 1. The summed E-state index contributed by atoms with van der Waals surface area (Å²) < 4.78 is 7.36. The van der Waals surface area contributed by atoms with Gasteiger partial charge in [0, 0.05) is 11.8 Å². The summed E-state index contributed by atoms with van der Waals surface area (Å²) in [5, 5.41) is 8.35. The minimum atomic E-state index is -0.730. The number of para-hydroxylation sites is 1. The highest BCUT2D eigenvalue weighted by molar-refractivity contribution is 5.88. The number of urea groups is 1. The largest absolute Gasteiger partial charge is 0.460 e. The van der Waals surface area contributed by atoms with Crippen molar-refractivity contribution in [1.29, 1.82) is 0 Å². The zero-order chi connectivity index (χ0) is 16.2. The van der Waals surface area contributed by atoms with E-state index in [2.05, 4.69) is 15.6 Å². The van der Waals surface area contributed by atoms with E-state index in [1.165, 1.54) is 6.21 Å². The number of primary amides is 1. The SMILES string of the molecule is Cc1ccc(-c2nn(-c3ccccc3)cc2C=NNC(N)=O)o1. The lowest BCUT2D eigenvalue weighted by molar-refractivity contribution is 0.249. The highest BCUT2D eigenvalue weighted by Gasteiger charge is 2.14. The average Bonchev–Trinajstić information content (AvgIpc) is 3.14. The standard InChI is InChI=1S/C16H15N5O2/c1-11-7-8-14(23-11)15-12(9-18-19-16(17)22)10-21(20-15)13-5-3-2-4-6-13/h2-10H,1H3,(H3,17,19,22). The molecule has 0 saturated carbocycles. The van der Waals surface area contributed by atoms with Gasteiger partial charge in [0.05, 0.1) is 11.9 Å². The van der Waals surface area contributed by atoms with Gasteiger partial charge in [-0.3, -0.25) is 0 Å². The van der Waals surface area contributed by atoms with Crippen LogP contribution in [0.4, 0.5) is 4.79 Å². The molecule has 0 unspecified atom stereocenters. The van der Waals surface area contributed by atoms with E-state index in [-0.39, 0.29) is 0 Å². The first kappa shape index (κ1) is 14.6. The van der Waals surface area contributed by atoms with Crippen LogP contribution in [0.1, 0.15) is 11.3 Å². The zero-order valence-corrected chi connectivity index (χ0v) is 12.4. The number of aryl methyl sites for hydroxylation is 1. The second kappa shape index (κ2) is 6.18. The summed E-state index contributed by atoms with van der Waals surface area (Å²) in [7, 11) is 0. The number of nitrogens with zero attached hydrogens (tertiary/aromatic N) is 3. The minimum Gasteiger partial charge on any atom is -0.460 e. The van der Waals surface area contributed by atoms with Gasteiger partial charge in [-0.1, -0.05) is 18.2 Å². The van der Waals surface area contributed by atoms with Crippen LogP contribution in [0.5, 0.6) is 0 Å². The van der Waals surface area contributed by atoms with Crippen LogP contribution in [0, 0.1) is 6.92 Å². The maximum absolute atomic E-state index is 10.7. The van der Waals surface area contributed by atoms with Crippen molar-refractivity contribution in [2.45, 2.75) is 6.92 Å². The number of benzene rings is 1. The van der Waals surface area contributed by atoms with Crippen molar-refractivity contribution >= 4 is 12.2 Å². The third-order valence-electron chi connectivity index (χ3n) is 3.12. The number of amides is 2. The van der Waals surface area contributed by atoms with Crippen molar-refractivity contribution in [3.05, 3.63) is 60.0 Å². The van der Waals surface area contributed by atoms with Crippen molar-refractivity contribution in [2.75, 3.05) is 0 Å². The Bertz CT molecular complexity index is 848. The summed E-state index contributed by atoms with van der Waals surface area (Å²) in [5.74, 6) is 1.41. The molecule has 7 heteroatoms. The van der Waals surface area contributed by atoms with Gasteiger partial charge in [0.1, 0.15) is 11.5 Å². The van der Waals surface area contributed by atoms with Gasteiger partial charge in [0.25, 0.3) is 0 Å². The fourth-order valence-electron chi connectivity index (χ4n) is 2.11. The van der Waals surface area contributed by atoms with Gasteiger partial charge in [0.2, 0.25) is 0 Å². The first-order valence-electron chi connectivity index (χ1n) is 6.94. The van der Waals surface area contributed by atoms with Crippen LogP contribution in [0.3, 0.4) is 0 Å². The lowest BCUT2D eigenvalue weighted by Gasteiger charge is -1.98. The second-order valence-electron chi connectivity index (χ2n) is 4.86. The van der Waals surface area contributed by atoms with Crippen LogP contribution in [0.15, 0.2) is 58.2 Å². The highest BCUT2D eigenvalue weighted by atomic mass is 16.3. The fraction of sp³-hybridized carbons (Fsp3) is 0.0625. The van der Waals surface area contributed by atoms with E-state index in [4.69, 9.17) is 10.2 Å². The number of nitrogens with one attached hydrogen (secondary N) is 1. The molecule has 0 aliphatic rings. The van der Waals surface area contributed by atoms with Crippen LogP contribution in [0.2, 0.25) is 0 Å². The zero-order valence-electron chi connectivity index (χ0n) is 12.4. The highest BCUT2D eigenvalue weighted by Crippen LogP contribution is 2.24. The first-order valence-corrected chi connectivity index (χ1v) is 6.94. The molecule has 3 aromatic rings. The molecule has 2 amide bonds. The third kappa shape index (κ3) is 3.29. The summed E-state index contributed by atoms with van der Waals surface area (Å²) in [6, 6.07) is 12.6. The number of hydrogen-bond acceptors (Lipinski definition) is 4. The van der Waals surface area contributed by atoms with Crippen molar-refractivity contribution in [3.8, 4) is 17.1 Å². The van der Waals surface area contributed by atoms with Gasteiger partial charge in [-0.25, -0.2) is 14.9 Å². The van der Waals surface area contributed by atoms with Crippen molar-refractivity contribution < 1.29 is 9.21 Å². The molecule has 0 aliphatic heterocycles. The molecule has 7 nitrogen and oxygen atoms in total. The Hall–Kier alpha value is -3.35. The molecule has 0 spiro atoms. The number of nitrogens with two attached hydrogens (primary N) is 1. The molecular formula is C16H15N5O2. The van der Waals surface area contributed by atoms with Gasteiger partial charge in [-0.15, -0.1) is 0 Å². The number of aromatic nitrogens is 2. The number of rotatable bonds is 4. The van der Waals surface area contributed by atoms with Crippen molar-refractivity contribution in [2.24, 2.45) is 10.8 Å². The molecule has 116 valence electrons. The van der Waals surface area contributed by atoms with E-state index in [1.54, 1.807) is 10.9 Å². The summed E-state index contributed by atoms with van der Waals surface area (Å²) in [5.41, 5.74) is 9.39. The molecule has 0 atom stereocenters. The predicted molar refractivity (Wildman–Crippen MR) is 86.3 cm³/mol. The number of furan rings is 1. The maximum Gasteiger partial charge on any atom is 0.332 e. The molecule has 1 aromatic carbocycles. The fourth-order valence-corrected chi connectivity index (χ4v) is 2.11. The molecule has 0 radical (unpaired) electrons. The monoisotopic (exact) mass is 309 g/mol. The van der Waals surface area contributed by atoms with Gasteiger partial charge in [-0.05, 0) is 31.2 Å². The summed E-state index contributed by atoms with van der Waals surface area (Å²) in [6.07, 6.45) is 3.28. The Morgan fingerprint density at radius 3 is 2.74 bits per heavy atom. The maximum atomic E-state index is 10.7. The Labute approximate surface area is 132 Å². The smallest absolute Gasteiger partial charge is 0.332 e. The Morgan fingerprint density at radius 1 is 1.30 bits per heavy atom. The van der Waals surface area contributed by atoms with Gasteiger partial charge in [0.15, 0.2) is 5.76 Å². The molecule has 3 N–H and O–H groups in total. The molecule has 0 aliphatic carbocycles. The average molecular weight is 309 g/mol. The van der Waals surface area contributed by atoms with Gasteiger partial charge < -0.3 is 10.2 Å². The van der Waals surface area contributed by atoms with Crippen LogP contribution >= 0.6 is 0 Å². The van der Waals surface area contributed by atoms with Crippen LogP contribution in [-0.4, -0.2) is 22.0 Å². The quantitative estimate of drug-likeness (QED) is 0.572. The van der Waals surface area contributed by atoms with E-state index in [0.29, 0.717) is 17.0 Å². The van der Waals surface area contributed by atoms with E-state index in [1.807, 2.05) is 49.4 Å². The van der Waals surface area contributed by atoms with Crippen LogP contribution in [-0.2, 0) is 0 Å². The van der Waals surface area contributed by atoms with Crippen molar-refractivity contribution in [3.63, 3.8) is 0 Å². The minimum absolute atomic E-state index is 0.622. The second-order valence-corrected chi connectivity index (χ2v) is 4.86. The van der Waals surface area contributed by atoms with Crippen LogP contribution < -0.4 is 11.2 Å². The van der Waals surface area contributed by atoms with E-state index < -0.39 is 6.03 Å². The Morgan fingerprint density at radius 2 is 2.09 bits per heavy atom. The van der Waals surface area contributed by atoms with E-state index in [0.717, 1.165) is 11.4 Å². The summed E-state index contributed by atoms with van der Waals surface area (Å²) in [4.78, 5) is 10.7. The normalized spacial score (nSPS) is 11.0. The number of hydrogen-bond donors (Lipinski definition) is 2.